The Bertz CT molecular complexity index is 1110. The first-order chi connectivity index (χ1) is 15.9. The summed E-state index contributed by atoms with van der Waals surface area (Å²) < 4.78 is 12.3. The number of amides is 1. The molecule has 4 rings (SSSR count). The topological polar surface area (TPSA) is 83.9 Å². The molecule has 1 amide bonds. The summed E-state index contributed by atoms with van der Waals surface area (Å²) in [5.41, 5.74) is -0.1000. The number of hydrogen-bond acceptors (Lipinski definition) is 7. The molecule has 1 unspecified atom stereocenters. The lowest BCUT2D eigenvalue weighted by Crippen LogP contribution is -2.38. The van der Waals surface area contributed by atoms with Gasteiger partial charge in [0.2, 0.25) is 5.91 Å². The van der Waals surface area contributed by atoms with Crippen LogP contribution in [0.3, 0.4) is 0 Å². The summed E-state index contributed by atoms with van der Waals surface area (Å²) in [6.07, 6.45) is 1.93. The summed E-state index contributed by atoms with van der Waals surface area (Å²) >= 11 is 7.43. The first-order valence-electron chi connectivity index (χ1n) is 11.1. The smallest absolute Gasteiger partial charge is 0.240 e. The molecule has 0 spiro atoms. The molecule has 33 heavy (non-hydrogen) atoms. The SMILES string of the molecule is CCOc1ccc2nc(NC(=O)CN3CCCC(O)(COc4cccc(Cl)c4)CC3)sc2c1. The zero-order chi connectivity index (χ0) is 23.3. The molecule has 0 radical (unpaired) electrons. The largest absolute Gasteiger partial charge is 0.494 e. The molecule has 1 saturated heterocycles. The maximum Gasteiger partial charge on any atom is 0.240 e. The third kappa shape index (κ3) is 6.57. The van der Waals surface area contributed by atoms with Crippen LogP contribution in [0, 0.1) is 0 Å². The minimum absolute atomic E-state index is 0.111. The van der Waals surface area contributed by atoms with E-state index >= 15 is 0 Å². The number of anilines is 1. The van der Waals surface area contributed by atoms with E-state index < -0.39 is 5.60 Å². The van der Waals surface area contributed by atoms with E-state index in [-0.39, 0.29) is 19.1 Å². The number of fused-ring (bicyclic) bond motifs is 1. The van der Waals surface area contributed by atoms with Gasteiger partial charge in [0, 0.05) is 11.6 Å². The van der Waals surface area contributed by atoms with E-state index in [2.05, 4.69) is 15.2 Å². The minimum atomic E-state index is -0.932. The number of aliphatic hydroxyl groups is 1. The Labute approximate surface area is 202 Å². The maximum atomic E-state index is 12.6. The van der Waals surface area contributed by atoms with Gasteiger partial charge in [-0.05, 0) is 69.1 Å². The molecule has 0 bridgehead atoms. The van der Waals surface area contributed by atoms with E-state index in [0.29, 0.717) is 41.9 Å². The molecular formula is C24H28ClN3O4S. The normalized spacial score (nSPS) is 19.2. The number of rotatable bonds is 8. The molecule has 0 saturated carbocycles. The van der Waals surface area contributed by atoms with Gasteiger partial charge >= 0.3 is 0 Å². The van der Waals surface area contributed by atoms with Crippen molar-refractivity contribution < 1.29 is 19.4 Å². The summed E-state index contributed by atoms with van der Waals surface area (Å²) in [7, 11) is 0. The third-order valence-electron chi connectivity index (χ3n) is 5.60. The second-order valence-corrected chi connectivity index (χ2v) is 9.70. The predicted molar refractivity (Wildman–Crippen MR) is 132 cm³/mol. The zero-order valence-electron chi connectivity index (χ0n) is 18.6. The van der Waals surface area contributed by atoms with Gasteiger partial charge in [-0.15, -0.1) is 0 Å². The number of thiazole rings is 1. The van der Waals surface area contributed by atoms with Gasteiger partial charge in [0.05, 0.1) is 29.0 Å². The number of nitrogens with one attached hydrogen (secondary N) is 1. The lowest BCUT2D eigenvalue weighted by molar-refractivity contribution is -0.117. The van der Waals surface area contributed by atoms with E-state index in [4.69, 9.17) is 21.1 Å². The average molecular weight is 490 g/mol. The molecule has 9 heteroatoms. The highest BCUT2D eigenvalue weighted by Crippen LogP contribution is 2.29. The molecule has 2 heterocycles. The Morgan fingerprint density at radius 1 is 1.21 bits per heavy atom. The second-order valence-electron chi connectivity index (χ2n) is 8.23. The van der Waals surface area contributed by atoms with Crippen molar-refractivity contribution in [2.24, 2.45) is 0 Å². The Balaban J connectivity index is 1.28. The van der Waals surface area contributed by atoms with Crippen LogP contribution in [0.1, 0.15) is 26.2 Å². The van der Waals surface area contributed by atoms with Crippen molar-refractivity contribution >= 4 is 44.2 Å². The molecule has 1 aliphatic rings. The van der Waals surface area contributed by atoms with Crippen LogP contribution < -0.4 is 14.8 Å². The van der Waals surface area contributed by atoms with Gasteiger partial charge < -0.3 is 19.9 Å². The lowest BCUT2D eigenvalue weighted by atomic mass is 9.96. The summed E-state index contributed by atoms with van der Waals surface area (Å²) in [5.74, 6) is 1.32. The molecule has 2 aromatic carbocycles. The number of aromatic nitrogens is 1. The zero-order valence-corrected chi connectivity index (χ0v) is 20.1. The Morgan fingerprint density at radius 2 is 2.06 bits per heavy atom. The van der Waals surface area contributed by atoms with Crippen molar-refractivity contribution in [1.82, 2.24) is 9.88 Å². The number of carbonyl (C=O) groups is 1. The number of likely N-dealkylation sites (tertiary alicyclic amines) is 1. The Morgan fingerprint density at radius 3 is 2.88 bits per heavy atom. The standard InChI is InChI=1S/C24H28ClN3O4S/c1-2-31-19-7-8-20-21(14-19)33-23(26-20)27-22(29)15-28-11-4-9-24(30,10-12-28)16-32-18-6-3-5-17(25)13-18/h3,5-8,13-14,30H,2,4,9-12,15-16H2,1H3,(H,26,27,29). The van der Waals surface area contributed by atoms with Crippen LogP contribution >= 0.6 is 22.9 Å². The third-order valence-corrected chi connectivity index (χ3v) is 6.77. The number of ether oxygens (including phenoxy) is 2. The van der Waals surface area contributed by atoms with Crippen molar-refractivity contribution in [1.29, 1.82) is 0 Å². The predicted octanol–water partition coefficient (Wildman–Crippen LogP) is 4.58. The van der Waals surface area contributed by atoms with Gasteiger partial charge in [0.15, 0.2) is 5.13 Å². The highest BCUT2D eigenvalue weighted by molar-refractivity contribution is 7.22. The summed E-state index contributed by atoms with van der Waals surface area (Å²) in [5, 5.41) is 15.1. The first kappa shape index (κ1) is 23.8. The van der Waals surface area contributed by atoms with Gasteiger partial charge in [-0.25, -0.2) is 4.98 Å². The lowest BCUT2D eigenvalue weighted by Gasteiger charge is -2.27. The number of nitrogens with zero attached hydrogens (tertiary/aromatic N) is 2. The van der Waals surface area contributed by atoms with Crippen molar-refractivity contribution in [2.45, 2.75) is 31.8 Å². The van der Waals surface area contributed by atoms with Gasteiger partial charge in [-0.3, -0.25) is 9.69 Å². The fourth-order valence-electron chi connectivity index (χ4n) is 3.89. The van der Waals surface area contributed by atoms with Crippen LogP contribution in [0.25, 0.3) is 10.2 Å². The molecule has 1 atom stereocenters. The van der Waals surface area contributed by atoms with Gasteiger partial charge in [-0.2, -0.15) is 0 Å². The highest BCUT2D eigenvalue weighted by atomic mass is 35.5. The molecule has 7 nitrogen and oxygen atoms in total. The monoisotopic (exact) mass is 489 g/mol. The van der Waals surface area contributed by atoms with E-state index in [9.17, 15) is 9.90 Å². The second kappa shape index (κ2) is 10.7. The number of carbonyl (C=O) groups excluding carboxylic acids is 1. The summed E-state index contributed by atoms with van der Waals surface area (Å²) in [6, 6.07) is 12.9. The fraction of sp³-hybridized carbons (Fsp3) is 0.417. The first-order valence-corrected chi connectivity index (χ1v) is 12.3. The summed E-state index contributed by atoms with van der Waals surface area (Å²) in [6.45, 7) is 4.35. The van der Waals surface area contributed by atoms with Crippen LogP contribution in [0.15, 0.2) is 42.5 Å². The average Bonchev–Trinajstić information content (AvgIpc) is 3.08. The fourth-order valence-corrected chi connectivity index (χ4v) is 4.98. The van der Waals surface area contributed by atoms with Gasteiger partial charge in [-0.1, -0.05) is 29.0 Å². The molecular weight excluding hydrogens is 462 g/mol. The number of hydrogen-bond donors (Lipinski definition) is 2. The van der Waals surface area contributed by atoms with Crippen molar-refractivity contribution in [3.8, 4) is 11.5 Å². The number of halogens is 1. The molecule has 176 valence electrons. The maximum absolute atomic E-state index is 12.6. The minimum Gasteiger partial charge on any atom is -0.494 e. The van der Waals surface area contributed by atoms with E-state index in [1.54, 1.807) is 12.1 Å². The van der Waals surface area contributed by atoms with E-state index in [1.165, 1.54) is 11.3 Å². The van der Waals surface area contributed by atoms with E-state index in [1.807, 2.05) is 37.3 Å². The van der Waals surface area contributed by atoms with Crippen LogP contribution in [-0.2, 0) is 4.79 Å². The van der Waals surface area contributed by atoms with Crippen LogP contribution in [0.5, 0.6) is 11.5 Å². The van der Waals surface area contributed by atoms with Gasteiger partial charge in [0.25, 0.3) is 0 Å². The molecule has 2 N–H and O–H groups in total. The van der Waals surface area contributed by atoms with Gasteiger partial charge in [0.1, 0.15) is 18.1 Å². The van der Waals surface area contributed by atoms with Crippen molar-refractivity contribution in [3.63, 3.8) is 0 Å². The molecule has 1 aromatic heterocycles. The Kier molecular flexibility index (Phi) is 7.70. The molecule has 1 aliphatic heterocycles. The molecule has 0 aliphatic carbocycles. The highest BCUT2D eigenvalue weighted by Gasteiger charge is 2.31. The van der Waals surface area contributed by atoms with Crippen LogP contribution in [0.4, 0.5) is 5.13 Å². The molecule has 3 aromatic rings. The summed E-state index contributed by atoms with van der Waals surface area (Å²) in [4.78, 5) is 19.2. The van der Waals surface area contributed by atoms with E-state index in [0.717, 1.165) is 28.9 Å². The molecule has 1 fully saturated rings. The Hall–Kier alpha value is -2.39. The van der Waals surface area contributed by atoms with Crippen LogP contribution in [-0.4, -0.2) is 59.3 Å². The quantitative estimate of drug-likeness (QED) is 0.481. The van der Waals surface area contributed by atoms with Crippen molar-refractivity contribution in [2.75, 3.05) is 38.2 Å². The number of benzene rings is 2. The van der Waals surface area contributed by atoms with Crippen LogP contribution in [0.2, 0.25) is 5.02 Å². The van der Waals surface area contributed by atoms with Crippen molar-refractivity contribution in [3.05, 3.63) is 47.5 Å².